The summed E-state index contributed by atoms with van der Waals surface area (Å²) in [6.45, 7) is 8.02. The summed E-state index contributed by atoms with van der Waals surface area (Å²) >= 11 is 0. The van der Waals surface area contributed by atoms with Gasteiger partial charge in [0.25, 0.3) is 5.91 Å². The molecule has 0 fully saturated rings. The molecule has 1 amide bonds. The van der Waals surface area contributed by atoms with Gasteiger partial charge in [-0.05, 0) is 38.5 Å². The summed E-state index contributed by atoms with van der Waals surface area (Å²) in [7, 11) is 1.57. The maximum Gasteiger partial charge on any atom is 0.273 e. The van der Waals surface area contributed by atoms with E-state index in [1.165, 1.54) is 0 Å². The first-order valence-electron chi connectivity index (χ1n) is 9.59. The zero-order chi connectivity index (χ0) is 20.8. The molecule has 0 bridgehead atoms. The van der Waals surface area contributed by atoms with Crippen LogP contribution in [0.4, 0.5) is 17.6 Å². The lowest BCUT2D eigenvalue weighted by Gasteiger charge is -2.11. The van der Waals surface area contributed by atoms with Crippen molar-refractivity contribution >= 4 is 34.5 Å². The molecular weight excluding hydrogens is 372 g/mol. The molecule has 10 nitrogen and oxygen atoms in total. The monoisotopic (exact) mass is 398 g/mol. The van der Waals surface area contributed by atoms with Crippen LogP contribution in [0.2, 0.25) is 0 Å². The summed E-state index contributed by atoms with van der Waals surface area (Å²) in [5.74, 6) is 1.25. The average molecular weight is 398 g/mol. The van der Waals surface area contributed by atoms with E-state index in [-0.39, 0.29) is 11.6 Å². The van der Waals surface area contributed by atoms with Gasteiger partial charge in [-0.1, -0.05) is 0 Å². The lowest BCUT2D eigenvalue weighted by Crippen LogP contribution is -2.19. The van der Waals surface area contributed by atoms with Crippen molar-refractivity contribution in [3.8, 4) is 0 Å². The predicted molar refractivity (Wildman–Crippen MR) is 112 cm³/mol. The molecule has 0 aliphatic carbocycles. The van der Waals surface area contributed by atoms with Crippen LogP contribution in [0, 0.1) is 6.92 Å². The van der Waals surface area contributed by atoms with E-state index in [9.17, 15) is 4.79 Å². The van der Waals surface area contributed by atoms with Crippen LogP contribution in [0.1, 0.15) is 29.9 Å². The molecule has 154 valence electrons. The second-order valence-electron chi connectivity index (χ2n) is 6.31. The van der Waals surface area contributed by atoms with E-state index < -0.39 is 0 Å². The molecule has 0 saturated carbocycles. The second-order valence-corrected chi connectivity index (χ2v) is 6.31. The summed E-state index contributed by atoms with van der Waals surface area (Å²) in [5.41, 5.74) is 2.38. The highest BCUT2D eigenvalue weighted by molar-refractivity contribution is 6.06. The normalized spacial score (nSPS) is 10.9. The number of aromatic nitrogens is 5. The van der Waals surface area contributed by atoms with Crippen molar-refractivity contribution in [3.63, 3.8) is 0 Å². The average Bonchev–Trinajstić information content (AvgIpc) is 3.07. The van der Waals surface area contributed by atoms with Gasteiger partial charge in [0.15, 0.2) is 11.5 Å². The Balaban J connectivity index is 2.17. The first-order chi connectivity index (χ1) is 14.1. The summed E-state index contributed by atoms with van der Waals surface area (Å²) in [6.07, 6.45) is 1.73. The van der Waals surface area contributed by atoms with Gasteiger partial charge in [-0.15, -0.1) is 0 Å². The third-order valence-corrected chi connectivity index (χ3v) is 4.18. The Morgan fingerprint density at radius 3 is 2.79 bits per heavy atom. The molecule has 3 N–H and O–H groups in total. The number of amides is 1. The lowest BCUT2D eigenvalue weighted by molar-refractivity contribution is 0.0957. The Labute approximate surface area is 169 Å². The highest BCUT2D eigenvalue weighted by Gasteiger charge is 2.23. The SMILES string of the molecule is CCNc1nc(Nc2cc(C)ccn2)c2c(n1)c(C(=O)NC)nn2CCOCC. The van der Waals surface area contributed by atoms with Crippen LogP contribution in [0.3, 0.4) is 0 Å². The number of anilines is 3. The van der Waals surface area contributed by atoms with Gasteiger partial charge in [0.05, 0.1) is 13.2 Å². The number of rotatable bonds is 9. The highest BCUT2D eigenvalue weighted by atomic mass is 16.5. The van der Waals surface area contributed by atoms with Crippen LogP contribution < -0.4 is 16.0 Å². The second kappa shape index (κ2) is 9.28. The summed E-state index contributed by atoms with van der Waals surface area (Å²) in [6, 6.07) is 3.84. The molecule has 3 heterocycles. The topological polar surface area (TPSA) is 119 Å². The quantitative estimate of drug-likeness (QED) is 0.469. The third kappa shape index (κ3) is 4.60. The van der Waals surface area contributed by atoms with E-state index in [0.29, 0.717) is 54.9 Å². The number of nitrogens with one attached hydrogen (secondary N) is 3. The van der Waals surface area contributed by atoms with Crippen LogP contribution in [0.5, 0.6) is 0 Å². The maximum atomic E-state index is 12.4. The minimum absolute atomic E-state index is 0.237. The Kier molecular flexibility index (Phi) is 6.55. The number of ether oxygens (including phenoxy) is 1. The number of hydrogen-bond donors (Lipinski definition) is 3. The molecule has 3 aromatic heterocycles. The number of fused-ring (bicyclic) bond motifs is 1. The lowest BCUT2D eigenvalue weighted by atomic mass is 10.3. The third-order valence-electron chi connectivity index (χ3n) is 4.18. The van der Waals surface area contributed by atoms with Crippen LogP contribution >= 0.6 is 0 Å². The highest BCUT2D eigenvalue weighted by Crippen LogP contribution is 2.27. The molecule has 3 aromatic rings. The van der Waals surface area contributed by atoms with Crippen LogP contribution in [-0.2, 0) is 11.3 Å². The molecule has 0 aliphatic rings. The van der Waals surface area contributed by atoms with E-state index >= 15 is 0 Å². The number of nitrogens with zero attached hydrogens (tertiary/aromatic N) is 5. The first kappa shape index (κ1) is 20.5. The Hall–Kier alpha value is -3.27. The van der Waals surface area contributed by atoms with Gasteiger partial charge in [-0.25, -0.2) is 9.97 Å². The molecule has 29 heavy (non-hydrogen) atoms. The van der Waals surface area contributed by atoms with Crippen molar-refractivity contribution in [2.75, 3.05) is 37.4 Å². The Morgan fingerprint density at radius 1 is 1.28 bits per heavy atom. The summed E-state index contributed by atoms with van der Waals surface area (Å²) < 4.78 is 7.17. The molecule has 0 aliphatic heterocycles. The zero-order valence-electron chi connectivity index (χ0n) is 17.1. The van der Waals surface area contributed by atoms with Crippen LogP contribution in [0.15, 0.2) is 18.3 Å². The number of pyridine rings is 1. The largest absolute Gasteiger partial charge is 0.380 e. The molecule has 0 spiro atoms. The van der Waals surface area contributed by atoms with Crippen molar-refractivity contribution in [2.45, 2.75) is 27.3 Å². The van der Waals surface area contributed by atoms with E-state index in [1.807, 2.05) is 32.9 Å². The Morgan fingerprint density at radius 2 is 2.10 bits per heavy atom. The zero-order valence-corrected chi connectivity index (χ0v) is 17.1. The molecule has 0 radical (unpaired) electrons. The molecule has 0 atom stereocenters. The van der Waals surface area contributed by atoms with Crippen molar-refractivity contribution in [2.24, 2.45) is 0 Å². The smallest absolute Gasteiger partial charge is 0.273 e. The van der Waals surface area contributed by atoms with Crippen LogP contribution in [-0.4, -0.2) is 57.4 Å². The molecule has 0 saturated heterocycles. The van der Waals surface area contributed by atoms with Gasteiger partial charge >= 0.3 is 0 Å². The van der Waals surface area contributed by atoms with Gasteiger partial charge in [0.2, 0.25) is 5.95 Å². The van der Waals surface area contributed by atoms with Crippen molar-refractivity contribution in [1.82, 2.24) is 30.0 Å². The van der Waals surface area contributed by atoms with Crippen molar-refractivity contribution in [3.05, 3.63) is 29.6 Å². The van der Waals surface area contributed by atoms with Gasteiger partial charge in [-0.3, -0.25) is 9.48 Å². The van der Waals surface area contributed by atoms with E-state index in [2.05, 4.69) is 36.0 Å². The number of carbonyl (C=O) groups excluding carboxylic acids is 1. The number of hydrogen-bond acceptors (Lipinski definition) is 8. The predicted octanol–water partition coefficient (Wildman–Crippen LogP) is 2.10. The van der Waals surface area contributed by atoms with E-state index in [4.69, 9.17) is 4.74 Å². The van der Waals surface area contributed by atoms with E-state index in [1.54, 1.807) is 17.9 Å². The van der Waals surface area contributed by atoms with Gasteiger partial charge in [0.1, 0.15) is 16.9 Å². The molecule has 0 aromatic carbocycles. The fourth-order valence-corrected chi connectivity index (χ4v) is 2.86. The first-order valence-corrected chi connectivity index (χ1v) is 9.59. The number of aryl methyl sites for hydroxylation is 1. The van der Waals surface area contributed by atoms with Crippen molar-refractivity contribution < 1.29 is 9.53 Å². The number of carbonyl (C=O) groups is 1. The maximum absolute atomic E-state index is 12.4. The van der Waals surface area contributed by atoms with Crippen LogP contribution in [0.25, 0.3) is 11.0 Å². The van der Waals surface area contributed by atoms with Gasteiger partial charge < -0.3 is 20.7 Å². The van der Waals surface area contributed by atoms with Gasteiger partial charge in [0, 0.05) is 26.4 Å². The van der Waals surface area contributed by atoms with E-state index in [0.717, 1.165) is 5.56 Å². The minimum Gasteiger partial charge on any atom is -0.380 e. The summed E-state index contributed by atoms with van der Waals surface area (Å²) in [5, 5.41) is 13.5. The molecule has 0 unspecified atom stereocenters. The fourth-order valence-electron chi connectivity index (χ4n) is 2.86. The molecular formula is C19H26N8O2. The fraction of sp³-hybridized carbons (Fsp3) is 0.421. The molecule has 10 heteroatoms. The molecule has 3 rings (SSSR count). The minimum atomic E-state index is -0.314. The van der Waals surface area contributed by atoms with Crippen molar-refractivity contribution in [1.29, 1.82) is 0 Å². The summed E-state index contributed by atoms with van der Waals surface area (Å²) in [4.78, 5) is 25.9. The van der Waals surface area contributed by atoms with Gasteiger partial charge in [-0.2, -0.15) is 10.1 Å². The Bertz CT molecular complexity index is 1000. The standard InChI is InChI=1S/C19H26N8O2/c1-5-21-19-24-14-15(18(28)20-4)26-27(9-10-29-6-2)16(14)17(25-19)23-13-11-12(3)7-8-22-13/h7-8,11H,5-6,9-10H2,1-4H3,(H,20,28)(H2,21,22,23,24,25).